The fourth-order valence-electron chi connectivity index (χ4n) is 5.97. The van der Waals surface area contributed by atoms with Crippen molar-refractivity contribution in [1.29, 1.82) is 0 Å². The van der Waals surface area contributed by atoms with Crippen LogP contribution < -0.4 is 11.1 Å². The molecule has 7 N–H and O–H groups in total. The molecular weight excluding hydrogens is 492 g/mol. The van der Waals surface area contributed by atoms with Gasteiger partial charge in [0.05, 0.1) is 5.56 Å². The Morgan fingerprint density at radius 2 is 1.79 bits per heavy atom. The maximum absolute atomic E-state index is 13.9. The highest BCUT2D eigenvalue weighted by atomic mass is 16.3. The second-order valence-corrected chi connectivity index (χ2v) is 9.97. The zero-order valence-corrected chi connectivity index (χ0v) is 20.4. The van der Waals surface area contributed by atoms with Gasteiger partial charge >= 0.3 is 0 Å². The molecule has 0 saturated carbocycles. The number of nitrogens with two attached hydrogens (primary N) is 1. The highest BCUT2D eigenvalue weighted by Crippen LogP contribution is 2.52. The Morgan fingerprint density at radius 3 is 2.42 bits per heavy atom. The van der Waals surface area contributed by atoms with Crippen LogP contribution in [0.4, 0.5) is 0 Å². The minimum absolute atomic E-state index is 0.0472. The Morgan fingerprint density at radius 1 is 1.11 bits per heavy atom. The standard InChI is InChI=1S/C28H26N2O8/c1-12(31)30-11-15-9-17(13-5-3-2-4-6-13)18-8-14-7-16-10-19(32)22(27(29)37)26(36)28(16,38)25(35)20(14)24(34)21(18)23(15)33/h2-6,9,14,16,32-33,35,38H,7-8,10-11H2,1H3,(H2,29,37)(H,30,31)/t14?,16-,28-/m0/s1. The summed E-state index contributed by atoms with van der Waals surface area (Å²) >= 11 is 0. The van der Waals surface area contributed by atoms with Gasteiger partial charge in [-0.3, -0.25) is 19.2 Å². The third-order valence-corrected chi connectivity index (χ3v) is 7.75. The molecule has 0 saturated heterocycles. The number of aromatic hydroxyl groups is 1. The molecule has 2 aromatic carbocycles. The molecule has 1 unspecified atom stereocenters. The molecule has 5 rings (SSSR count). The molecule has 0 spiro atoms. The van der Waals surface area contributed by atoms with Crippen LogP contribution in [-0.2, 0) is 27.3 Å². The van der Waals surface area contributed by atoms with E-state index >= 15 is 0 Å². The molecule has 38 heavy (non-hydrogen) atoms. The van der Waals surface area contributed by atoms with Crippen molar-refractivity contribution in [1.82, 2.24) is 5.32 Å². The lowest BCUT2D eigenvalue weighted by Crippen LogP contribution is -2.57. The third-order valence-electron chi connectivity index (χ3n) is 7.75. The fourth-order valence-corrected chi connectivity index (χ4v) is 5.97. The van der Waals surface area contributed by atoms with Gasteiger partial charge in [0.25, 0.3) is 5.91 Å². The minimum atomic E-state index is -2.62. The molecule has 0 fully saturated rings. The number of fused-ring (bicyclic) bond motifs is 3. The molecule has 0 heterocycles. The zero-order valence-electron chi connectivity index (χ0n) is 20.4. The monoisotopic (exact) mass is 518 g/mol. The SMILES string of the molecule is CC(=O)NCc1cc(-c2ccccc2)c2c(c1O)C(=O)C1=C(O)[C@]3(O)C(=O)C(C(N)=O)=C(O)C[C@@H]3CC1C2. The molecule has 3 aliphatic rings. The van der Waals surface area contributed by atoms with Crippen molar-refractivity contribution in [3.05, 3.63) is 75.8 Å². The highest BCUT2D eigenvalue weighted by molar-refractivity contribution is 6.24. The maximum atomic E-state index is 13.9. The molecule has 2 aromatic rings. The molecule has 0 radical (unpaired) electrons. The number of primary amides is 1. The summed E-state index contributed by atoms with van der Waals surface area (Å²) in [6, 6.07) is 10.9. The van der Waals surface area contributed by atoms with Crippen LogP contribution >= 0.6 is 0 Å². The van der Waals surface area contributed by atoms with E-state index in [1.165, 1.54) is 6.92 Å². The smallest absolute Gasteiger partial charge is 0.255 e. The van der Waals surface area contributed by atoms with Crippen LogP contribution in [0.1, 0.15) is 41.3 Å². The van der Waals surface area contributed by atoms with Gasteiger partial charge in [-0.25, -0.2) is 0 Å². The average Bonchev–Trinajstić information content (AvgIpc) is 2.86. The number of carbonyl (C=O) groups is 4. The van der Waals surface area contributed by atoms with E-state index in [1.807, 2.05) is 30.3 Å². The molecule has 10 heteroatoms. The van der Waals surface area contributed by atoms with E-state index < -0.39 is 52.0 Å². The van der Waals surface area contributed by atoms with Gasteiger partial charge in [-0.1, -0.05) is 30.3 Å². The summed E-state index contributed by atoms with van der Waals surface area (Å²) < 4.78 is 0. The van der Waals surface area contributed by atoms with E-state index in [0.717, 1.165) is 5.56 Å². The Labute approximate surface area is 217 Å². The van der Waals surface area contributed by atoms with Gasteiger partial charge < -0.3 is 31.5 Å². The van der Waals surface area contributed by atoms with Gasteiger partial charge in [0.15, 0.2) is 11.4 Å². The number of phenolic OH excluding ortho intramolecular Hbond substituents is 1. The highest BCUT2D eigenvalue weighted by Gasteiger charge is 2.59. The van der Waals surface area contributed by atoms with E-state index in [4.69, 9.17) is 5.73 Å². The number of aliphatic hydroxyl groups excluding tert-OH is 2. The van der Waals surface area contributed by atoms with Crippen molar-refractivity contribution in [3.63, 3.8) is 0 Å². The van der Waals surface area contributed by atoms with Gasteiger partial charge in [-0.05, 0) is 41.5 Å². The van der Waals surface area contributed by atoms with E-state index in [9.17, 15) is 39.6 Å². The number of hydrogen-bond acceptors (Lipinski definition) is 8. The number of Topliss-reactive ketones (excluding diaryl/α,β-unsaturated/α-hetero) is 2. The fraction of sp³-hybridized carbons (Fsp3) is 0.286. The number of allylic oxidation sites excluding steroid dienone is 2. The van der Waals surface area contributed by atoms with Crippen molar-refractivity contribution in [3.8, 4) is 16.9 Å². The minimum Gasteiger partial charge on any atom is -0.511 e. The van der Waals surface area contributed by atoms with Crippen LogP contribution in [0.15, 0.2) is 59.1 Å². The summed E-state index contributed by atoms with van der Waals surface area (Å²) in [5.41, 5.74) is 3.69. The first-order valence-electron chi connectivity index (χ1n) is 12.1. The molecule has 3 aliphatic carbocycles. The molecule has 10 nitrogen and oxygen atoms in total. The summed E-state index contributed by atoms with van der Waals surface area (Å²) in [7, 11) is 0. The lowest BCUT2D eigenvalue weighted by molar-refractivity contribution is -0.144. The van der Waals surface area contributed by atoms with Crippen molar-refractivity contribution in [2.45, 2.75) is 38.3 Å². The number of benzene rings is 2. The molecule has 0 aromatic heterocycles. The normalized spacial score (nSPS) is 24.5. The van der Waals surface area contributed by atoms with Crippen LogP contribution in [0.2, 0.25) is 0 Å². The number of aliphatic hydroxyl groups is 3. The maximum Gasteiger partial charge on any atom is 0.255 e. The predicted octanol–water partition coefficient (Wildman–Crippen LogP) is 1.88. The van der Waals surface area contributed by atoms with Crippen LogP contribution in [-0.4, -0.2) is 49.4 Å². The Kier molecular flexibility index (Phi) is 5.87. The van der Waals surface area contributed by atoms with Gasteiger partial charge in [-0.2, -0.15) is 0 Å². The second kappa shape index (κ2) is 8.84. The number of phenols is 1. The van der Waals surface area contributed by atoms with Crippen LogP contribution in [0.5, 0.6) is 5.75 Å². The van der Waals surface area contributed by atoms with Crippen molar-refractivity contribution < 1.29 is 39.6 Å². The zero-order chi connectivity index (χ0) is 27.5. The van der Waals surface area contributed by atoms with Gasteiger partial charge in [0.2, 0.25) is 11.7 Å². The number of nitrogens with one attached hydrogen (secondary N) is 1. The molecule has 2 amide bonds. The Hall–Kier alpha value is -4.44. The van der Waals surface area contributed by atoms with Crippen LogP contribution in [0.3, 0.4) is 0 Å². The third kappa shape index (κ3) is 3.59. The van der Waals surface area contributed by atoms with Crippen LogP contribution in [0, 0.1) is 11.8 Å². The van der Waals surface area contributed by atoms with Crippen molar-refractivity contribution >= 4 is 23.4 Å². The number of carbonyl (C=O) groups excluding carboxylic acids is 4. The first-order valence-corrected chi connectivity index (χ1v) is 12.1. The number of rotatable bonds is 4. The second-order valence-electron chi connectivity index (χ2n) is 9.97. The van der Waals surface area contributed by atoms with E-state index in [-0.39, 0.29) is 54.2 Å². The van der Waals surface area contributed by atoms with E-state index in [2.05, 4.69) is 5.32 Å². The molecule has 0 bridgehead atoms. The molecule has 196 valence electrons. The van der Waals surface area contributed by atoms with Gasteiger partial charge in [-0.15, -0.1) is 0 Å². The number of ketones is 2. The first kappa shape index (κ1) is 25.2. The number of hydrogen-bond donors (Lipinski definition) is 6. The summed E-state index contributed by atoms with van der Waals surface area (Å²) in [6.45, 7) is 1.26. The summed E-state index contributed by atoms with van der Waals surface area (Å²) in [5, 5.41) is 46.7. The average molecular weight is 519 g/mol. The predicted molar refractivity (Wildman–Crippen MR) is 134 cm³/mol. The van der Waals surface area contributed by atoms with Crippen molar-refractivity contribution in [2.24, 2.45) is 17.6 Å². The van der Waals surface area contributed by atoms with E-state index in [0.29, 0.717) is 11.1 Å². The lowest BCUT2D eigenvalue weighted by atomic mass is 9.60. The largest absolute Gasteiger partial charge is 0.511 e. The Balaban J connectivity index is 1.71. The topological polar surface area (TPSA) is 187 Å². The van der Waals surface area contributed by atoms with Gasteiger partial charge in [0.1, 0.15) is 22.8 Å². The first-order chi connectivity index (χ1) is 18.0. The van der Waals surface area contributed by atoms with Crippen LogP contribution in [0.25, 0.3) is 11.1 Å². The molecule has 3 atom stereocenters. The lowest BCUT2D eigenvalue weighted by Gasteiger charge is -2.45. The molecule has 0 aliphatic heterocycles. The van der Waals surface area contributed by atoms with Gasteiger partial charge in [0, 0.05) is 36.9 Å². The summed E-state index contributed by atoms with van der Waals surface area (Å²) in [6.07, 6.45) is -0.0556. The number of amides is 2. The van der Waals surface area contributed by atoms with E-state index in [1.54, 1.807) is 6.07 Å². The molecular formula is C28H26N2O8. The Bertz CT molecular complexity index is 1490. The summed E-state index contributed by atoms with van der Waals surface area (Å²) in [5.74, 6) is -7.13. The van der Waals surface area contributed by atoms with Crippen molar-refractivity contribution in [2.75, 3.05) is 0 Å². The summed E-state index contributed by atoms with van der Waals surface area (Å²) in [4.78, 5) is 50.4. The quantitative estimate of drug-likeness (QED) is 0.331.